The monoisotopic (exact) mass is 365 g/mol. The zero-order valence-corrected chi connectivity index (χ0v) is 12.2. The van der Waals surface area contributed by atoms with Gasteiger partial charge >= 0.3 is 5.97 Å². The van der Waals surface area contributed by atoms with E-state index in [0.29, 0.717) is 9.13 Å². The van der Waals surface area contributed by atoms with Crippen molar-refractivity contribution in [3.05, 3.63) is 33.1 Å². The predicted molar refractivity (Wildman–Crippen MR) is 72.7 cm³/mol. The first kappa shape index (κ1) is 14.9. The van der Waals surface area contributed by atoms with Gasteiger partial charge in [0, 0.05) is 9.61 Å². The topological polar surface area (TPSA) is 55.4 Å². The first-order valence-corrected chi connectivity index (χ1v) is 6.34. The Labute approximate surface area is 118 Å². The highest BCUT2D eigenvalue weighted by Crippen LogP contribution is 2.14. The second kappa shape index (κ2) is 6.67. The van der Waals surface area contributed by atoms with E-state index in [-0.39, 0.29) is 18.4 Å². The highest BCUT2D eigenvalue weighted by atomic mass is 127. The molecular weight excluding hydrogens is 352 g/mol. The number of hydrogen-bond acceptors (Lipinski definition) is 3. The van der Waals surface area contributed by atoms with Crippen molar-refractivity contribution in [2.75, 3.05) is 7.11 Å². The zero-order chi connectivity index (χ0) is 13.7. The van der Waals surface area contributed by atoms with E-state index in [1.807, 2.05) is 22.6 Å². The summed E-state index contributed by atoms with van der Waals surface area (Å²) in [7, 11) is 1.29. The molecule has 0 saturated carbocycles. The molecule has 98 valence electrons. The number of ether oxygens (including phenoxy) is 1. The normalized spacial score (nSPS) is 11.8. The van der Waals surface area contributed by atoms with E-state index in [9.17, 15) is 14.0 Å². The molecule has 6 heteroatoms. The molecule has 0 saturated heterocycles. The molecule has 1 amide bonds. The van der Waals surface area contributed by atoms with Gasteiger partial charge in [-0.3, -0.25) is 9.59 Å². The molecule has 0 aliphatic heterocycles. The van der Waals surface area contributed by atoms with Crippen LogP contribution in [0.4, 0.5) is 4.39 Å². The van der Waals surface area contributed by atoms with E-state index in [1.54, 1.807) is 6.92 Å². The SMILES string of the molecule is COC(=O)CC(C)NC(=O)c1ccc(F)cc1I. The van der Waals surface area contributed by atoms with Gasteiger partial charge in [-0.1, -0.05) is 0 Å². The molecule has 0 radical (unpaired) electrons. The van der Waals surface area contributed by atoms with Crippen LogP contribution in [-0.4, -0.2) is 25.0 Å². The molecule has 1 atom stereocenters. The summed E-state index contributed by atoms with van der Waals surface area (Å²) in [4.78, 5) is 22.9. The summed E-state index contributed by atoms with van der Waals surface area (Å²) in [5, 5.41) is 2.65. The quantitative estimate of drug-likeness (QED) is 0.657. The predicted octanol–water partition coefficient (Wildman–Crippen LogP) is 2.11. The third-order valence-corrected chi connectivity index (χ3v) is 3.15. The molecule has 0 fully saturated rings. The zero-order valence-electron chi connectivity index (χ0n) is 10.00. The summed E-state index contributed by atoms with van der Waals surface area (Å²) in [5.41, 5.74) is 0.383. The lowest BCUT2D eigenvalue weighted by atomic mass is 10.1. The molecule has 0 heterocycles. The third kappa shape index (κ3) is 4.25. The molecule has 1 rings (SSSR count). The number of rotatable bonds is 4. The number of methoxy groups -OCH3 is 1. The van der Waals surface area contributed by atoms with Crippen LogP contribution >= 0.6 is 22.6 Å². The molecule has 1 aromatic carbocycles. The summed E-state index contributed by atoms with van der Waals surface area (Å²) in [6, 6.07) is 3.57. The minimum absolute atomic E-state index is 0.0972. The fraction of sp³-hybridized carbons (Fsp3) is 0.333. The number of benzene rings is 1. The molecule has 0 spiro atoms. The number of carbonyl (C=O) groups excluding carboxylic acids is 2. The fourth-order valence-electron chi connectivity index (χ4n) is 1.36. The molecule has 0 aliphatic rings. The van der Waals surface area contributed by atoms with Crippen molar-refractivity contribution in [2.45, 2.75) is 19.4 Å². The van der Waals surface area contributed by atoms with Gasteiger partial charge < -0.3 is 10.1 Å². The lowest BCUT2D eigenvalue weighted by Crippen LogP contribution is -2.34. The smallest absolute Gasteiger partial charge is 0.307 e. The number of hydrogen-bond donors (Lipinski definition) is 1. The van der Waals surface area contributed by atoms with Crippen LogP contribution in [0.25, 0.3) is 0 Å². The molecule has 18 heavy (non-hydrogen) atoms. The van der Waals surface area contributed by atoms with Crippen LogP contribution < -0.4 is 5.32 Å². The second-order valence-electron chi connectivity index (χ2n) is 3.78. The van der Waals surface area contributed by atoms with Gasteiger partial charge in [0.2, 0.25) is 0 Å². The summed E-state index contributed by atoms with van der Waals surface area (Å²) in [6.07, 6.45) is 0.0972. The van der Waals surface area contributed by atoms with Crippen LogP contribution in [-0.2, 0) is 9.53 Å². The van der Waals surface area contributed by atoms with Gasteiger partial charge in [0.05, 0.1) is 19.1 Å². The first-order valence-electron chi connectivity index (χ1n) is 5.26. The average molecular weight is 365 g/mol. The van der Waals surface area contributed by atoms with Crippen LogP contribution in [0.15, 0.2) is 18.2 Å². The van der Waals surface area contributed by atoms with E-state index < -0.39 is 11.8 Å². The van der Waals surface area contributed by atoms with Crippen LogP contribution in [0, 0.1) is 9.39 Å². The number of carbonyl (C=O) groups is 2. The number of amides is 1. The lowest BCUT2D eigenvalue weighted by molar-refractivity contribution is -0.141. The summed E-state index contributed by atoms with van der Waals surface area (Å²) in [6.45, 7) is 1.70. The molecule has 1 aromatic rings. The third-order valence-electron chi connectivity index (χ3n) is 2.25. The van der Waals surface area contributed by atoms with Crippen molar-refractivity contribution in [2.24, 2.45) is 0 Å². The molecule has 0 bridgehead atoms. The maximum absolute atomic E-state index is 12.9. The standard InChI is InChI=1S/C12H13FINO3/c1-7(5-11(16)18-2)15-12(17)9-4-3-8(13)6-10(9)14/h3-4,6-7H,5H2,1-2H3,(H,15,17). The van der Waals surface area contributed by atoms with E-state index in [4.69, 9.17) is 0 Å². The Morgan fingerprint density at radius 3 is 2.72 bits per heavy atom. The largest absolute Gasteiger partial charge is 0.469 e. The Bertz CT molecular complexity index is 465. The minimum Gasteiger partial charge on any atom is -0.469 e. The molecule has 0 aliphatic carbocycles. The van der Waals surface area contributed by atoms with Gasteiger partial charge in [0.15, 0.2) is 0 Å². The van der Waals surface area contributed by atoms with Crippen molar-refractivity contribution in [3.63, 3.8) is 0 Å². The van der Waals surface area contributed by atoms with E-state index in [0.717, 1.165) is 0 Å². The molecule has 4 nitrogen and oxygen atoms in total. The number of halogens is 2. The van der Waals surface area contributed by atoms with Gasteiger partial charge in [-0.15, -0.1) is 0 Å². The number of nitrogens with one attached hydrogen (secondary N) is 1. The Kier molecular flexibility index (Phi) is 5.52. The molecule has 0 aromatic heterocycles. The van der Waals surface area contributed by atoms with Crippen molar-refractivity contribution in [3.8, 4) is 0 Å². The molecule has 1 unspecified atom stereocenters. The Hall–Kier alpha value is -1.18. The van der Waals surface area contributed by atoms with Crippen LogP contribution in [0.1, 0.15) is 23.7 Å². The van der Waals surface area contributed by atoms with Gasteiger partial charge in [-0.2, -0.15) is 0 Å². The van der Waals surface area contributed by atoms with Crippen LogP contribution in [0.3, 0.4) is 0 Å². The summed E-state index contributed by atoms with van der Waals surface area (Å²) < 4.78 is 17.9. The molecular formula is C12H13FINO3. The van der Waals surface area contributed by atoms with Crippen LogP contribution in [0.5, 0.6) is 0 Å². The lowest BCUT2D eigenvalue weighted by Gasteiger charge is -2.13. The average Bonchev–Trinajstić information content (AvgIpc) is 2.28. The molecule has 1 N–H and O–H groups in total. The number of esters is 1. The van der Waals surface area contributed by atoms with Crippen molar-refractivity contribution < 1.29 is 18.7 Å². The fourth-order valence-corrected chi connectivity index (χ4v) is 2.08. The second-order valence-corrected chi connectivity index (χ2v) is 4.94. The van der Waals surface area contributed by atoms with E-state index >= 15 is 0 Å². The highest BCUT2D eigenvalue weighted by Gasteiger charge is 2.15. The Morgan fingerprint density at radius 1 is 1.50 bits per heavy atom. The maximum Gasteiger partial charge on any atom is 0.307 e. The Morgan fingerprint density at radius 2 is 2.17 bits per heavy atom. The minimum atomic E-state index is -0.392. The van der Waals surface area contributed by atoms with Crippen LogP contribution in [0.2, 0.25) is 0 Å². The van der Waals surface area contributed by atoms with Gasteiger partial charge in [0.25, 0.3) is 5.91 Å². The maximum atomic E-state index is 12.9. The Balaban J connectivity index is 2.67. The van der Waals surface area contributed by atoms with Gasteiger partial charge in [0.1, 0.15) is 5.82 Å². The van der Waals surface area contributed by atoms with E-state index in [2.05, 4.69) is 10.1 Å². The highest BCUT2D eigenvalue weighted by molar-refractivity contribution is 14.1. The van der Waals surface area contributed by atoms with Gasteiger partial charge in [-0.05, 0) is 47.7 Å². The summed E-state index contributed by atoms with van der Waals surface area (Å²) >= 11 is 1.89. The van der Waals surface area contributed by atoms with Gasteiger partial charge in [-0.25, -0.2) is 4.39 Å². The van der Waals surface area contributed by atoms with Crippen molar-refractivity contribution in [1.82, 2.24) is 5.32 Å². The first-order chi connectivity index (χ1) is 8.43. The van der Waals surface area contributed by atoms with E-state index in [1.165, 1.54) is 25.3 Å². The van der Waals surface area contributed by atoms with Crippen molar-refractivity contribution in [1.29, 1.82) is 0 Å². The van der Waals surface area contributed by atoms with Crippen molar-refractivity contribution >= 4 is 34.5 Å². The summed E-state index contributed by atoms with van der Waals surface area (Å²) in [5.74, 6) is -1.12.